The fraction of sp³-hybridized carbons (Fsp3) is 0.407. The zero-order chi connectivity index (χ0) is 26.7. The average Bonchev–Trinajstić information content (AvgIpc) is 3.44. The van der Waals surface area contributed by atoms with Crippen LogP contribution in [0.3, 0.4) is 0 Å². The third-order valence-electron chi connectivity index (χ3n) is 7.29. The summed E-state index contributed by atoms with van der Waals surface area (Å²) in [6, 6.07) is 7.29. The van der Waals surface area contributed by atoms with Gasteiger partial charge < -0.3 is 25.6 Å². The van der Waals surface area contributed by atoms with E-state index in [2.05, 4.69) is 15.4 Å². The quantitative estimate of drug-likeness (QED) is 0.314. The van der Waals surface area contributed by atoms with Gasteiger partial charge >= 0.3 is 0 Å². The molecule has 2 aliphatic carbocycles. The van der Waals surface area contributed by atoms with E-state index < -0.39 is 11.5 Å². The fourth-order valence-electron chi connectivity index (χ4n) is 5.46. The van der Waals surface area contributed by atoms with Crippen molar-refractivity contribution >= 4 is 38.9 Å². The molecule has 0 radical (unpaired) electrons. The average molecular weight is 536 g/mol. The van der Waals surface area contributed by atoms with Crippen molar-refractivity contribution in [3.05, 3.63) is 53.2 Å². The van der Waals surface area contributed by atoms with Crippen molar-refractivity contribution in [1.82, 2.24) is 19.9 Å². The van der Waals surface area contributed by atoms with Gasteiger partial charge in [-0.05, 0) is 74.6 Å². The van der Waals surface area contributed by atoms with Crippen LogP contribution in [-0.2, 0) is 0 Å². The SMILES string of the molecule is CC(C)(O)COc1ccc2c(C(=O)N[C@H]3CC4(C3)C[C@H](Oc3nc5ccsc5cc3C(N)=O)C4)cnn2c1. The van der Waals surface area contributed by atoms with Crippen molar-refractivity contribution in [2.45, 2.75) is 57.3 Å². The summed E-state index contributed by atoms with van der Waals surface area (Å²) in [6.45, 7) is 3.49. The predicted molar refractivity (Wildman–Crippen MR) is 142 cm³/mol. The van der Waals surface area contributed by atoms with Crippen molar-refractivity contribution in [2.24, 2.45) is 11.1 Å². The van der Waals surface area contributed by atoms with Crippen LogP contribution in [0, 0.1) is 5.41 Å². The zero-order valence-corrected chi connectivity index (χ0v) is 22.0. The van der Waals surface area contributed by atoms with Crippen molar-refractivity contribution in [2.75, 3.05) is 6.61 Å². The molecule has 0 aliphatic heterocycles. The minimum atomic E-state index is -0.946. The van der Waals surface area contributed by atoms with E-state index >= 15 is 0 Å². The third-order valence-corrected chi connectivity index (χ3v) is 8.14. The van der Waals surface area contributed by atoms with Crippen LogP contribution < -0.4 is 20.5 Å². The summed E-state index contributed by atoms with van der Waals surface area (Å²) in [6.07, 6.45) is 6.69. The van der Waals surface area contributed by atoms with Gasteiger partial charge in [-0.3, -0.25) is 9.59 Å². The summed E-state index contributed by atoms with van der Waals surface area (Å²) >= 11 is 1.51. The van der Waals surface area contributed by atoms with Gasteiger partial charge in [0.25, 0.3) is 11.8 Å². The lowest BCUT2D eigenvalue weighted by Crippen LogP contribution is -2.58. The van der Waals surface area contributed by atoms with Crippen LogP contribution in [0.1, 0.15) is 60.2 Å². The Morgan fingerprint density at radius 2 is 2.03 bits per heavy atom. The second-order valence-electron chi connectivity index (χ2n) is 11.1. The third kappa shape index (κ3) is 4.67. The molecule has 4 aromatic rings. The minimum Gasteiger partial charge on any atom is -0.489 e. The van der Waals surface area contributed by atoms with Crippen LogP contribution in [0.5, 0.6) is 11.6 Å². The molecular formula is C27H29N5O5S. The van der Waals surface area contributed by atoms with Crippen LogP contribution in [0.25, 0.3) is 15.7 Å². The van der Waals surface area contributed by atoms with E-state index in [-0.39, 0.29) is 30.1 Å². The number of nitrogens with two attached hydrogens (primary N) is 1. The van der Waals surface area contributed by atoms with E-state index in [1.54, 1.807) is 49.0 Å². The lowest BCUT2D eigenvalue weighted by molar-refractivity contribution is -0.0847. The molecule has 38 heavy (non-hydrogen) atoms. The number of nitrogens with one attached hydrogen (secondary N) is 1. The zero-order valence-electron chi connectivity index (χ0n) is 21.1. The van der Waals surface area contributed by atoms with Crippen molar-refractivity contribution < 1.29 is 24.2 Å². The number of aliphatic hydroxyl groups is 1. The van der Waals surface area contributed by atoms with Gasteiger partial charge in [-0.25, -0.2) is 9.50 Å². The van der Waals surface area contributed by atoms with E-state index in [0.717, 1.165) is 35.9 Å². The number of pyridine rings is 2. The number of hydrogen-bond acceptors (Lipinski definition) is 8. The number of nitrogens with zero attached hydrogens (tertiary/aromatic N) is 3. The first-order chi connectivity index (χ1) is 18.1. The molecule has 0 bridgehead atoms. The number of thiophene rings is 1. The van der Waals surface area contributed by atoms with Crippen LogP contribution in [0.15, 0.2) is 42.0 Å². The van der Waals surface area contributed by atoms with Gasteiger partial charge in [0.2, 0.25) is 5.88 Å². The minimum absolute atomic E-state index is 0.0271. The molecule has 10 nitrogen and oxygen atoms in total. The van der Waals surface area contributed by atoms with Crippen LogP contribution in [0.2, 0.25) is 0 Å². The molecule has 2 aliphatic rings. The molecule has 4 N–H and O–H groups in total. The van der Waals surface area contributed by atoms with E-state index in [1.165, 1.54) is 11.3 Å². The number of carbonyl (C=O) groups is 2. The number of rotatable bonds is 8. The molecule has 0 aromatic carbocycles. The number of ether oxygens (including phenoxy) is 2. The normalized spacial score (nSPS) is 22.7. The molecule has 2 saturated carbocycles. The number of hydrogen-bond donors (Lipinski definition) is 3. The highest BCUT2D eigenvalue weighted by Crippen LogP contribution is 2.57. The van der Waals surface area contributed by atoms with Crippen LogP contribution in [0.4, 0.5) is 0 Å². The Bertz CT molecular complexity index is 1540. The van der Waals surface area contributed by atoms with Gasteiger partial charge in [0.1, 0.15) is 24.0 Å². The maximum Gasteiger partial charge on any atom is 0.255 e. The number of amides is 2. The molecule has 11 heteroatoms. The predicted octanol–water partition coefficient (Wildman–Crippen LogP) is 3.31. The van der Waals surface area contributed by atoms with Crippen molar-refractivity contribution in [1.29, 1.82) is 0 Å². The molecule has 2 amide bonds. The molecule has 2 fully saturated rings. The molecule has 4 aromatic heterocycles. The molecular weight excluding hydrogens is 506 g/mol. The van der Waals surface area contributed by atoms with Gasteiger partial charge in [0.15, 0.2) is 0 Å². The van der Waals surface area contributed by atoms with Crippen molar-refractivity contribution in [3.63, 3.8) is 0 Å². The highest BCUT2D eigenvalue weighted by Gasteiger charge is 2.54. The van der Waals surface area contributed by atoms with Gasteiger partial charge in [-0.2, -0.15) is 5.10 Å². The Hall–Kier alpha value is -3.70. The molecule has 198 valence electrons. The summed E-state index contributed by atoms with van der Waals surface area (Å²) in [4.78, 5) is 29.4. The number of carbonyl (C=O) groups excluding carboxylic acids is 2. The molecule has 1 spiro atoms. The molecule has 6 rings (SSSR count). The van der Waals surface area contributed by atoms with E-state index in [1.807, 2.05) is 11.4 Å². The maximum atomic E-state index is 13.0. The van der Waals surface area contributed by atoms with Gasteiger partial charge in [0, 0.05) is 6.04 Å². The number of primary amides is 1. The highest BCUT2D eigenvalue weighted by molar-refractivity contribution is 7.17. The Balaban J connectivity index is 1.03. The van der Waals surface area contributed by atoms with Gasteiger partial charge in [-0.15, -0.1) is 11.3 Å². The Morgan fingerprint density at radius 3 is 2.76 bits per heavy atom. The van der Waals surface area contributed by atoms with Crippen LogP contribution in [-0.4, -0.2) is 55.9 Å². The monoisotopic (exact) mass is 535 g/mol. The second-order valence-corrected chi connectivity index (χ2v) is 12.0. The molecule has 0 saturated heterocycles. The summed E-state index contributed by atoms with van der Waals surface area (Å²) < 4.78 is 14.2. The molecule has 4 heterocycles. The first-order valence-corrected chi connectivity index (χ1v) is 13.4. The van der Waals surface area contributed by atoms with Crippen molar-refractivity contribution in [3.8, 4) is 11.6 Å². The fourth-order valence-corrected chi connectivity index (χ4v) is 6.22. The number of fused-ring (bicyclic) bond motifs is 2. The smallest absolute Gasteiger partial charge is 0.255 e. The summed E-state index contributed by atoms with van der Waals surface area (Å²) in [5.74, 6) is 0.158. The Morgan fingerprint density at radius 1 is 1.24 bits per heavy atom. The standard InChI is InChI=1S/C27H29N5O5S/c1-26(2,35)14-36-16-3-4-21-19(12-29-32(21)13-16)24(34)30-15-8-27(9-15)10-17(11-27)37-25-18(23(28)33)7-22-20(31-25)5-6-38-22/h3-7,12-13,15,17,35H,8-11,14H2,1-2H3,(H2,28,33)(H,30,34)/t15-,17-,27?. The van der Waals surface area contributed by atoms with E-state index in [4.69, 9.17) is 15.2 Å². The summed E-state index contributed by atoms with van der Waals surface area (Å²) in [5, 5.41) is 19.2. The summed E-state index contributed by atoms with van der Waals surface area (Å²) in [7, 11) is 0. The highest BCUT2D eigenvalue weighted by atomic mass is 32.1. The Labute approximate surface area is 222 Å². The van der Waals surface area contributed by atoms with E-state index in [9.17, 15) is 14.7 Å². The first kappa shape index (κ1) is 24.6. The van der Waals surface area contributed by atoms with Gasteiger partial charge in [-0.1, -0.05) is 0 Å². The largest absolute Gasteiger partial charge is 0.489 e. The summed E-state index contributed by atoms with van der Waals surface area (Å²) in [5.41, 5.74) is 7.05. The van der Waals surface area contributed by atoms with E-state index in [0.29, 0.717) is 28.3 Å². The number of aromatic nitrogens is 3. The first-order valence-electron chi connectivity index (χ1n) is 12.6. The second kappa shape index (κ2) is 8.95. The molecule has 0 atom stereocenters. The maximum absolute atomic E-state index is 13.0. The van der Waals surface area contributed by atoms with Crippen LogP contribution >= 0.6 is 11.3 Å². The topological polar surface area (TPSA) is 141 Å². The lowest BCUT2D eigenvalue weighted by Gasteiger charge is -2.57. The Kier molecular flexibility index (Phi) is 5.80. The molecule has 0 unspecified atom stereocenters. The lowest BCUT2D eigenvalue weighted by atomic mass is 9.53. The van der Waals surface area contributed by atoms with Gasteiger partial charge in [0.05, 0.1) is 39.3 Å².